The number of fused-ring (bicyclic) bond motifs is 1. The molecule has 0 bridgehead atoms. The Balaban J connectivity index is 1.97. The lowest BCUT2D eigenvalue weighted by molar-refractivity contribution is -0.137. The van der Waals surface area contributed by atoms with Crippen molar-refractivity contribution in [1.29, 1.82) is 0 Å². The Morgan fingerprint density at radius 1 is 1.17 bits per heavy atom. The van der Waals surface area contributed by atoms with Gasteiger partial charge in [0.25, 0.3) is 0 Å². The maximum Gasteiger partial charge on any atom is 0.313 e. The Morgan fingerprint density at radius 2 is 1.96 bits per heavy atom. The minimum atomic E-state index is -0.285. The predicted octanol–water partition coefficient (Wildman–Crippen LogP) is 4.19. The van der Waals surface area contributed by atoms with Crippen LogP contribution in [0.15, 0.2) is 42.5 Å². The van der Waals surface area contributed by atoms with Gasteiger partial charge in [0, 0.05) is 5.56 Å². The first-order valence-corrected chi connectivity index (χ1v) is 8.02. The van der Waals surface area contributed by atoms with E-state index < -0.39 is 0 Å². The normalized spacial score (nSPS) is 11.0. The second kappa shape index (κ2) is 6.74. The number of esters is 1. The highest BCUT2D eigenvalue weighted by molar-refractivity contribution is 5.80. The number of ether oxygens (including phenoxy) is 2. The van der Waals surface area contributed by atoms with Crippen molar-refractivity contribution < 1.29 is 14.3 Å². The summed E-state index contributed by atoms with van der Waals surface area (Å²) < 4.78 is 11.0. The number of para-hydroxylation sites is 2. The minimum absolute atomic E-state index is 0.200. The van der Waals surface area contributed by atoms with Crippen LogP contribution in [0.4, 0.5) is 0 Å². The van der Waals surface area contributed by atoms with Crippen LogP contribution in [0.1, 0.15) is 20.8 Å². The molecule has 2 aromatic carbocycles. The molecule has 0 spiro atoms. The van der Waals surface area contributed by atoms with Gasteiger partial charge in [-0.25, -0.2) is 4.98 Å². The summed E-state index contributed by atoms with van der Waals surface area (Å²) in [6, 6.07) is 13.3. The Kier molecular flexibility index (Phi) is 4.51. The Labute approximate surface area is 140 Å². The molecule has 3 aromatic rings. The summed E-state index contributed by atoms with van der Waals surface area (Å²) in [6.07, 6.45) is 0. The fourth-order valence-electron chi connectivity index (χ4n) is 2.32. The van der Waals surface area contributed by atoms with Crippen LogP contribution in [0.25, 0.3) is 22.4 Å². The fraction of sp³-hybridized carbons (Fsp3) is 0.263. The molecule has 3 rings (SSSR count). The van der Waals surface area contributed by atoms with Crippen molar-refractivity contribution in [2.45, 2.75) is 20.8 Å². The van der Waals surface area contributed by atoms with Gasteiger partial charge in [0.2, 0.25) is 0 Å². The van der Waals surface area contributed by atoms with Crippen LogP contribution in [-0.2, 0) is 4.79 Å². The molecule has 0 fully saturated rings. The van der Waals surface area contributed by atoms with Crippen LogP contribution in [-0.4, -0.2) is 22.5 Å². The number of carbonyl (C=O) groups excluding carboxylic acids is 1. The van der Waals surface area contributed by atoms with Crippen LogP contribution in [0.3, 0.4) is 0 Å². The number of imidazole rings is 1. The lowest BCUT2D eigenvalue weighted by Gasteiger charge is -2.12. The van der Waals surface area contributed by atoms with E-state index in [0.29, 0.717) is 18.1 Å². The molecule has 0 atom stereocenters. The number of aromatic amines is 1. The van der Waals surface area contributed by atoms with Gasteiger partial charge in [0.1, 0.15) is 5.82 Å². The summed E-state index contributed by atoms with van der Waals surface area (Å²) in [4.78, 5) is 19.7. The van der Waals surface area contributed by atoms with Crippen molar-refractivity contribution in [3.8, 4) is 22.9 Å². The second-order valence-electron chi connectivity index (χ2n) is 5.77. The number of carbonyl (C=O) groups is 1. The fourth-order valence-corrected chi connectivity index (χ4v) is 2.32. The first kappa shape index (κ1) is 16.1. The Hall–Kier alpha value is -2.82. The molecule has 24 heavy (non-hydrogen) atoms. The van der Waals surface area contributed by atoms with E-state index in [4.69, 9.17) is 9.47 Å². The zero-order chi connectivity index (χ0) is 17.1. The number of hydrogen-bond acceptors (Lipinski definition) is 4. The lowest BCUT2D eigenvalue weighted by atomic mass is 10.2. The monoisotopic (exact) mass is 324 g/mol. The largest absolute Gasteiger partial charge is 0.490 e. The molecule has 1 heterocycles. The molecule has 0 unspecified atom stereocenters. The second-order valence-corrected chi connectivity index (χ2v) is 5.77. The smallest absolute Gasteiger partial charge is 0.313 e. The molecule has 1 aromatic heterocycles. The first-order chi connectivity index (χ1) is 11.6. The molecule has 5 nitrogen and oxygen atoms in total. The summed E-state index contributed by atoms with van der Waals surface area (Å²) in [6.45, 7) is 5.97. The number of H-pyrrole nitrogens is 1. The third kappa shape index (κ3) is 3.25. The molecular weight excluding hydrogens is 304 g/mol. The van der Waals surface area contributed by atoms with Crippen LogP contribution >= 0.6 is 0 Å². The van der Waals surface area contributed by atoms with Crippen molar-refractivity contribution in [1.82, 2.24) is 9.97 Å². The van der Waals surface area contributed by atoms with Crippen molar-refractivity contribution in [2.75, 3.05) is 6.61 Å². The number of aromatic nitrogens is 2. The molecule has 0 aliphatic carbocycles. The van der Waals surface area contributed by atoms with Crippen molar-refractivity contribution >= 4 is 17.0 Å². The maximum absolute atomic E-state index is 11.8. The van der Waals surface area contributed by atoms with E-state index in [-0.39, 0.29) is 11.9 Å². The number of rotatable bonds is 5. The van der Waals surface area contributed by atoms with Gasteiger partial charge in [-0.1, -0.05) is 26.0 Å². The third-order valence-corrected chi connectivity index (χ3v) is 3.59. The van der Waals surface area contributed by atoms with Gasteiger partial charge in [-0.2, -0.15) is 0 Å². The van der Waals surface area contributed by atoms with Crippen molar-refractivity contribution in [2.24, 2.45) is 5.92 Å². The molecule has 0 aliphatic rings. The Bertz CT molecular complexity index is 835. The lowest BCUT2D eigenvalue weighted by Crippen LogP contribution is -2.15. The van der Waals surface area contributed by atoms with E-state index in [1.807, 2.05) is 43.3 Å². The summed E-state index contributed by atoms with van der Waals surface area (Å²) in [7, 11) is 0. The average molecular weight is 324 g/mol. The van der Waals surface area contributed by atoms with Gasteiger partial charge in [0.15, 0.2) is 11.5 Å². The summed E-state index contributed by atoms with van der Waals surface area (Å²) in [5.41, 5.74) is 2.75. The van der Waals surface area contributed by atoms with E-state index in [1.165, 1.54) is 0 Å². The Morgan fingerprint density at radius 3 is 2.67 bits per heavy atom. The number of nitrogens with one attached hydrogen (secondary N) is 1. The molecule has 0 aliphatic heterocycles. The summed E-state index contributed by atoms with van der Waals surface area (Å²) in [5.74, 6) is 1.22. The minimum Gasteiger partial charge on any atom is -0.490 e. The first-order valence-electron chi connectivity index (χ1n) is 8.02. The molecule has 1 N–H and O–H groups in total. The van der Waals surface area contributed by atoms with Gasteiger partial charge < -0.3 is 14.5 Å². The molecule has 0 amide bonds. The third-order valence-electron chi connectivity index (χ3n) is 3.59. The molecule has 124 valence electrons. The summed E-state index contributed by atoms with van der Waals surface area (Å²) >= 11 is 0. The van der Waals surface area contributed by atoms with Crippen molar-refractivity contribution in [3.63, 3.8) is 0 Å². The standard InChI is InChI=1S/C19H20N2O3/c1-4-23-17-11-13(9-10-16(17)24-19(22)12(2)3)18-20-14-7-5-6-8-15(14)21-18/h5-12H,4H2,1-3H3,(H,20,21). The van der Waals surface area contributed by atoms with Crippen molar-refractivity contribution in [3.05, 3.63) is 42.5 Å². The van der Waals surface area contributed by atoms with E-state index in [2.05, 4.69) is 9.97 Å². The van der Waals surface area contributed by atoms with Gasteiger partial charge >= 0.3 is 5.97 Å². The number of nitrogens with zero attached hydrogens (tertiary/aromatic N) is 1. The molecule has 0 radical (unpaired) electrons. The summed E-state index contributed by atoms with van der Waals surface area (Å²) in [5, 5.41) is 0. The SMILES string of the molecule is CCOc1cc(-c2nc3ccccc3[nH]2)ccc1OC(=O)C(C)C. The zero-order valence-corrected chi connectivity index (χ0v) is 14.0. The topological polar surface area (TPSA) is 64.2 Å². The van der Waals surface area contributed by atoms with Crippen LogP contribution in [0, 0.1) is 5.92 Å². The van der Waals surface area contributed by atoms with Crippen LogP contribution in [0.5, 0.6) is 11.5 Å². The number of hydrogen-bond donors (Lipinski definition) is 1. The van der Waals surface area contributed by atoms with Gasteiger partial charge in [0.05, 0.1) is 23.6 Å². The molecular formula is C19H20N2O3. The van der Waals surface area contributed by atoms with Gasteiger partial charge in [-0.15, -0.1) is 0 Å². The van der Waals surface area contributed by atoms with E-state index in [0.717, 1.165) is 22.4 Å². The molecule has 5 heteroatoms. The zero-order valence-electron chi connectivity index (χ0n) is 14.0. The highest BCUT2D eigenvalue weighted by Gasteiger charge is 2.15. The highest BCUT2D eigenvalue weighted by Crippen LogP contribution is 2.33. The average Bonchev–Trinajstić information content (AvgIpc) is 3.00. The van der Waals surface area contributed by atoms with E-state index in [1.54, 1.807) is 19.9 Å². The predicted molar refractivity (Wildman–Crippen MR) is 93.2 cm³/mol. The molecule has 0 saturated heterocycles. The molecule has 0 saturated carbocycles. The van der Waals surface area contributed by atoms with E-state index in [9.17, 15) is 4.79 Å². The van der Waals surface area contributed by atoms with E-state index >= 15 is 0 Å². The van der Waals surface area contributed by atoms with Crippen LogP contribution < -0.4 is 9.47 Å². The van der Waals surface area contributed by atoms with Crippen LogP contribution in [0.2, 0.25) is 0 Å². The highest BCUT2D eigenvalue weighted by atomic mass is 16.6. The van der Waals surface area contributed by atoms with Gasteiger partial charge in [-0.05, 0) is 37.3 Å². The number of benzene rings is 2. The maximum atomic E-state index is 11.8. The van der Waals surface area contributed by atoms with Gasteiger partial charge in [-0.3, -0.25) is 4.79 Å². The quantitative estimate of drug-likeness (QED) is 0.564.